The molecule has 0 aromatic heterocycles. The van der Waals surface area contributed by atoms with E-state index in [4.69, 9.17) is 5.73 Å². The number of nitrogens with two attached hydrogens (primary N) is 1. The van der Waals surface area contributed by atoms with Crippen LogP contribution in [0.1, 0.15) is 27.2 Å². The van der Waals surface area contributed by atoms with Crippen LogP contribution in [0.3, 0.4) is 0 Å². The first-order valence-corrected chi connectivity index (χ1v) is 4.51. The molecule has 14 heavy (non-hydrogen) atoms. The fraction of sp³-hybridized carbons (Fsp3) is 0.778. The number of nitrogens with one attached hydrogen (secondary N) is 1. The summed E-state index contributed by atoms with van der Waals surface area (Å²) < 4.78 is 4.53. The summed E-state index contributed by atoms with van der Waals surface area (Å²) in [6, 6.07) is -0.584. The number of hydrogen-bond acceptors (Lipinski definition) is 4. The van der Waals surface area contributed by atoms with Gasteiger partial charge in [-0.15, -0.1) is 0 Å². The molecule has 0 aromatic carbocycles. The van der Waals surface area contributed by atoms with Crippen LogP contribution in [0.4, 0.5) is 0 Å². The molecule has 5 heteroatoms. The van der Waals surface area contributed by atoms with Gasteiger partial charge in [0.15, 0.2) is 0 Å². The molecule has 0 aliphatic carbocycles. The first-order chi connectivity index (χ1) is 6.35. The number of esters is 1. The van der Waals surface area contributed by atoms with E-state index in [9.17, 15) is 9.59 Å². The highest BCUT2D eigenvalue weighted by molar-refractivity contribution is 5.89. The van der Waals surface area contributed by atoms with Gasteiger partial charge >= 0.3 is 5.97 Å². The normalized spacial score (nSPS) is 13.2. The summed E-state index contributed by atoms with van der Waals surface area (Å²) in [4.78, 5) is 22.6. The minimum atomic E-state index is -1.03. The van der Waals surface area contributed by atoms with Crippen LogP contribution in [0, 0.1) is 0 Å². The molecule has 0 aliphatic heterocycles. The monoisotopic (exact) mass is 202 g/mol. The topological polar surface area (TPSA) is 81.4 Å². The molecular formula is C9H18N2O3. The van der Waals surface area contributed by atoms with Crippen LogP contribution in [-0.2, 0) is 14.3 Å². The largest absolute Gasteiger partial charge is 0.467 e. The van der Waals surface area contributed by atoms with E-state index in [-0.39, 0.29) is 5.91 Å². The fourth-order valence-corrected chi connectivity index (χ4v) is 0.892. The zero-order valence-corrected chi connectivity index (χ0v) is 9.09. The summed E-state index contributed by atoms with van der Waals surface area (Å²) in [7, 11) is 1.27. The van der Waals surface area contributed by atoms with Crippen molar-refractivity contribution in [2.24, 2.45) is 5.73 Å². The maximum atomic E-state index is 11.4. The van der Waals surface area contributed by atoms with Crippen LogP contribution in [-0.4, -0.2) is 30.6 Å². The van der Waals surface area contributed by atoms with Gasteiger partial charge in [0.2, 0.25) is 5.91 Å². The van der Waals surface area contributed by atoms with E-state index >= 15 is 0 Å². The molecule has 82 valence electrons. The molecule has 0 unspecified atom stereocenters. The predicted octanol–water partition coefficient (Wildman–Crippen LogP) is -0.208. The number of hydrogen-bond donors (Lipinski definition) is 2. The lowest BCUT2D eigenvalue weighted by atomic mass is 10.1. The summed E-state index contributed by atoms with van der Waals surface area (Å²) in [5.41, 5.74) is 4.47. The molecule has 1 amide bonds. The second-order valence-electron chi connectivity index (χ2n) is 3.62. The van der Waals surface area contributed by atoms with E-state index in [1.165, 1.54) is 7.11 Å². The predicted molar refractivity (Wildman–Crippen MR) is 52.5 cm³/mol. The van der Waals surface area contributed by atoms with Gasteiger partial charge in [-0.25, -0.2) is 4.79 Å². The number of amides is 1. The van der Waals surface area contributed by atoms with E-state index in [0.29, 0.717) is 6.42 Å². The average molecular weight is 202 g/mol. The van der Waals surface area contributed by atoms with Crippen molar-refractivity contribution in [1.29, 1.82) is 0 Å². The summed E-state index contributed by atoms with van der Waals surface area (Å²) >= 11 is 0. The Kier molecular flexibility index (Phi) is 4.56. The molecule has 1 atom stereocenters. The van der Waals surface area contributed by atoms with Crippen molar-refractivity contribution in [3.8, 4) is 0 Å². The Morgan fingerprint density at radius 1 is 1.50 bits per heavy atom. The molecule has 0 fully saturated rings. The molecule has 3 N–H and O–H groups in total. The van der Waals surface area contributed by atoms with Crippen molar-refractivity contribution in [1.82, 2.24) is 5.32 Å². The van der Waals surface area contributed by atoms with Crippen LogP contribution in [0.5, 0.6) is 0 Å². The Hall–Kier alpha value is -1.10. The molecule has 0 heterocycles. The van der Waals surface area contributed by atoms with E-state index in [1.807, 2.05) is 0 Å². The standard InChI is InChI=1S/C9H18N2O3/c1-5-6(10)7(12)11-9(2,3)8(13)14-4/h6H,5,10H2,1-4H3,(H,11,12)/t6-/m0/s1. The Balaban J connectivity index is 4.36. The minimum Gasteiger partial charge on any atom is -0.467 e. The molecule has 0 bridgehead atoms. The van der Waals surface area contributed by atoms with E-state index < -0.39 is 17.6 Å². The molecule has 0 saturated carbocycles. The summed E-state index contributed by atoms with van der Waals surface area (Å²) in [5.74, 6) is -0.836. The zero-order valence-electron chi connectivity index (χ0n) is 9.09. The van der Waals surface area contributed by atoms with Crippen molar-refractivity contribution in [2.75, 3.05) is 7.11 Å². The molecule has 0 saturated heterocycles. The third-order valence-corrected chi connectivity index (χ3v) is 1.91. The second kappa shape index (κ2) is 4.95. The lowest BCUT2D eigenvalue weighted by Crippen LogP contribution is -2.54. The van der Waals surface area contributed by atoms with Gasteiger partial charge in [-0.05, 0) is 20.3 Å². The minimum absolute atomic E-state index is 0.345. The average Bonchev–Trinajstić information content (AvgIpc) is 2.14. The Morgan fingerprint density at radius 2 is 2.00 bits per heavy atom. The number of carbonyl (C=O) groups is 2. The van der Waals surface area contributed by atoms with E-state index in [1.54, 1.807) is 20.8 Å². The highest BCUT2D eigenvalue weighted by atomic mass is 16.5. The lowest BCUT2D eigenvalue weighted by molar-refractivity contribution is -0.149. The number of ether oxygens (including phenoxy) is 1. The maximum Gasteiger partial charge on any atom is 0.330 e. The molecule has 0 spiro atoms. The fourth-order valence-electron chi connectivity index (χ4n) is 0.892. The van der Waals surface area contributed by atoms with Gasteiger partial charge in [0.1, 0.15) is 5.54 Å². The van der Waals surface area contributed by atoms with Gasteiger partial charge < -0.3 is 15.8 Å². The summed E-state index contributed by atoms with van der Waals surface area (Å²) in [6.07, 6.45) is 0.531. The highest BCUT2D eigenvalue weighted by Crippen LogP contribution is 2.05. The van der Waals surface area contributed by atoms with Crippen molar-refractivity contribution in [3.05, 3.63) is 0 Å². The van der Waals surface area contributed by atoms with Crippen LogP contribution in [0.25, 0.3) is 0 Å². The van der Waals surface area contributed by atoms with Gasteiger partial charge in [-0.2, -0.15) is 0 Å². The first-order valence-electron chi connectivity index (χ1n) is 4.51. The van der Waals surface area contributed by atoms with Crippen molar-refractivity contribution < 1.29 is 14.3 Å². The first kappa shape index (κ1) is 12.9. The molecular weight excluding hydrogens is 184 g/mol. The van der Waals surface area contributed by atoms with E-state index in [2.05, 4.69) is 10.1 Å². The van der Waals surface area contributed by atoms with Crippen molar-refractivity contribution >= 4 is 11.9 Å². The highest BCUT2D eigenvalue weighted by Gasteiger charge is 2.31. The van der Waals surface area contributed by atoms with Crippen LogP contribution >= 0.6 is 0 Å². The number of methoxy groups -OCH3 is 1. The SMILES string of the molecule is CC[C@H](N)C(=O)NC(C)(C)C(=O)OC. The second-order valence-corrected chi connectivity index (χ2v) is 3.62. The van der Waals surface area contributed by atoms with Gasteiger partial charge in [0.25, 0.3) is 0 Å². The van der Waals surface area contributed by atoms with Gasteiger partial charge in [-0.1, -0.05) is 6.92 Å². The lowest BCUT2D eigenvalue weighted by Gasteiger charge is -2.24. The molecule has 0 aromatic rings. The van der Waals surface area contributed by atoms with Gasteiger partial charge in [0.05, 0.1) is 13.2 Å². The van der Waals surface area contributed by atoms with Gasteiger partial charge in [0, 0.05) is 0 Å². The quantitative estimate of drug-likeness (QED) is 0.618. The third-order valence-electron chi connectivity index (χ3n) is 1.91. The smallest absolute Gasteiger partial charge is 0.330 e. The van der Waals surface area contributed by atoms with Crippen LogP contribution < -0.4 is 11.1 Å². The summed E-state index contributed by atoms with van der Waals surface area (Å²) in [6.45, 7) is 4.94. The van der Waals surface area contributed by atoms with Crippen molar-refractivity contribution in [2.45, 2.75) is 38.8 Å². The van der Waals surface area contributed by atoms with Gasteiger partial charge in [-0.3, -0.25) is 4.79 Å². The maximum absolute atomic E-state index is 11.4. The molecule has 0 aliphatic rings. The summed E-state index contributed by atoms with van der Waals surface area (Å²) in [5, 5.41) is 2.52. The van der Waals surface area contributed by atoms with Crippen molar-refractivity contribution in [3.63, 3.8) is 0 Å². The van der Waals surface area contributed by atoms with Crippen LogP contribution in [0.15, 0.2) is 0 Å². The Labute approximate surface area is 84.0 Å². The third kappa shape index (κ3) is 3.33. The Bertz CT molecular complexity index is 226. The van der Waals surface area contributed by atoms with E-state index in [0.717, 1.165) is 0 Å². The Morgan fingerprint density at radius 3 is 2.36 bits per heavy atom. The number of carbonyl (C=O) groups excluding carboxylic acids is 2. The zero-order chi connectivity index (χ0) is 11.4. The molecule has 0 rings (SSSR count). The molecule has 5 nitrogen and oxygen atoms in total. The van der Waals surface area contributed by atoms with Crippen LogP contribution in [0.2, 0.25) is 0 Å². The molecule has 0 radical (unpaired) electrons. The number of rotatable bonds is 4.